The third-order valence-electron chi connectivity index (χ3n) is 0.862. The summed E-state index contributed by atoms with van der Waals surface area (Å²) in [4.78, 5) is 0. The number of rotatable bonds is 1. The van der Waals surface area contributed by atoms with Gasteiger partial charge in [0.25, 0.3) is 0 Å². The van der Waals surface area contributed by atoms with E-state index in [1.54, 1.807) is 0 Å². The summed E-state index contributed by atoms with van der Waals surface area (Å²) in [6.07, 6.45) is 0. The van der Waals surface area contributed by atoms with Gasteiger partial charge in [-0.25, -0.2) is 0 Å². The summed E-state index contributed by atoms with van der Waals surface area (Å²) in [5.41, 5.74) is 0. The van der Waals surface area contributed by atoms with Gasteiger partial charge in [-0.15, -0.1) is 0 Å². The average molecular weight is 251 g/mol. The van der Waals surface area contributed by atoms with Crippen LogP contribution in [0.5, 0.6) is 0 Å². The molecular weight excluding hydrogens is 242 g/mol. The summed E-state index contributed by atoms with van der Waals surface area (Å²) >= 11 is -1.24. The van der Waals surface area contributed by atoms with E-state index >= 15 is 0 Å². The van der Waals surface area contributed by atoms with E-state index < -0.39 is 21.6 Å². The van der Waals surface area contributed by atoms with Crippen molar-refractivity contribution in [1.29, 1.82) is 0 Å². The van der Waals surface area contributed by atoms with Crippen LogP contribution in [0.1, 0.15) is 0 Å². The Morgan fingerprint density at radius 2 is 1.50 bits per heavy atom. The van der Waals surface area contributed by atoms with Crippen LogP contribution in [0.15, 0.2) is 30.3 Å². The Bertz CT molecular complexity index is 176. The van der Waals surface area contributed by atoms with Crippen molar-refractivity contribution in [2.24, 2.45) is 0 Å². The molecule has 0 saturated heterocycles. The zero-order chi connectivity index (χ0) is 5.82. The van der Waals surface area contributed by atoms with E-state index in [1.165, 1.54) is 0 Å². The third kappa shape index (κ3) is 3.72. The molecular formula is C6H9O3Sb. The van der Waals surface area contributed by atoms with E-state index in [2.05, 4.69) is 0 Å². The molecule has 0 fully saturated rings. The van der Waals surface area contributed by atoms with Crippen LogP contribution in [0, 0.1) is 0 Å². The van der Waals surface area contributed by atoms with Gasteiger partial charge in [0, 0.05) is 0 Å². The predicted octanol–water partition coefficient (Wildman–Crippen LogP) is -1.29. The first-order valence-corrected chi connectivity index (χ1v) is 4.64. The van der Waals surface area contributed by atoms with Gasteiger partial charge in [-0.2, -0.15) is 0 Å². The molecule has 56 valence electrons. The van der Waals surface area contributed by atoms with E-state index in [-0.39, 0.29) is 11.0 Å². The first-order chi connectivity index (χ1) is 3.93. The van der Waals surface area contributed by atoms with Gasteiger partial charge in [-0.05, 0) is 0 Å². The summed E-state index contributed by atoms with van der Waals surface area (Å²) in [5, 5.41) is 0. The van der Waals surface area contributed by atoms with Crippen molar-refractivity contribution in [2.45, 2.75) is 0 Å². The first-order valence-electron chi connectivity index (χ1n) is 2.32. The Morgan fingerprint density at radius 3 is 1.80 bits per heavy atom. The van der Waals surface area contributed by atoms with Crippen LogP contribution in [0.25, 0.3) is 0 Å². The normalized spacial score (nSPS) is 6.80. The van der Waals surface area contributed by atoms with Crippen molar-refractivity contribution in [3.8, 4) is 0 Å². The van der Waals surface area contributed by atoms with Gasteiger partial charge in [-0.3, -0.25) is 0 Å². The maximum absolute atomic E-state index is 10.3. The number of benzene rings is 1. The van der Waals surface area contributed by atoms with Gasteiger partial charge in [0.05, 0.1) is 0 Å². The SMILES string of the molecule is O.O.[O]=[Sb][c]1ccccc1. The molecule has 3 nitrogen and oxygen atoms in total. The zero-order valence-electron chi connectivity index (χ0n) is 5.24. The molecule has 0 aliphatic rings. The van der Waals surface area contributed by atoms with Crippen LogP contribution in [-0.2, 0) is 3.02 Å². The van der Waals surface area contributed by atoms with E-state index in [4.69, 9.17) is 0 Å². The summed E-state index contributed by atoms with van der Waals surface area (Å²) in [5.74, 6) is 0. The van der Waals surface area contributed by atoms with Gasteiger partial charge in [-0.1, -0.05) is 0 Å². The van der Waals surface area contributed by atoms with Crippen LogP contribution in [0.4, 0.5) is 0 Å². The van der Waals surface area contributed by atoms with Crippen molar-refractivity contribution in [2.75, 3.05) is 0 Å². The van der Waals surface area contributed by atoms with Crippen molar-refractivity contribution in [3.63, 3.8) is 0 Å². The van der Waals surface area contributed by atoms with Crippen LogP contribution in [0.3, 0.4) is 0 Å². The van der Waals surface area contributed by atoms with Crippen molar-refractivity contribution in [3.05, 3.63) is 30.3 Å². The Kier molecular flexibility index (Phi) is 8.55. The predicted molar refractivity (Wildman–Crippen MR) is 39.7 cm³/mol. The molecule has 0 radical (unpaired) electrons. The molecule has 0 saturated carbocycles. The second-order valence-electron chi connectivity index (χ2n) is 1.43. The fourth-order valence-corrected chi connectivity index (χ4v) is 1.33. The molecule has 0 heterocycles. The molecule has 0 spiro atoms. The topological polar surface area (TPSA) is 80.1 Å². The maximum atomic E-state index is 10.3. The van der Waals surface area contributed by atoms with Gasteiger partial charge >= 0.3 is 58.5 Å². The summed E-state index contributed by atoms with van der Waals surface area (Å²) in [7, 11) is 0. The van der Waals surface area contributed by atoms with Crippen molar-refractivity contribution < 1.29 is 14.0 Å². The Balaban J connectivity index is 0. The van der Waals surface area contributed by atoms with E-state index in [1.807, 2.05) is 30.3 Å². The molecule has 4 heteroatoms. The fraction of sp³-hybridized carbons (Fsp3) is 0. The second-order valence-corrected chi connectivity index (χ2v) is 3.42. The molecule has 0 aliphatic carbocycles. The molecule has 0 atom stereocenters. The zero-order valence-corrected chi connectivity index (χ0v) is 7.79. The van der Waals surface area contributed by atoms with E-state index in [0.29, 0.717) is 0 Å². The molecule has 0 aliphatic heterocycles. The minimum absolute atomic E-state index is 0. The Hall–Kier alpha value is -0.242. The van der Waals surface area contributed by atoms with Gasteiger partial charge < -0.3 is 11.0 Å². The Labute approximate surface area is 69.6 Å². The fourth-order valence-electron chi connectivity index (χ4n) is 0.489. The molecule has 0 amide bonds. The molecule has 0 aromatic heterocycles. The molecule has 0 bridgehead atoms. The van der Waals surface area contributed by atoms with Crippen molar-refractivity contribution in [1.82, 2.24) is 0 Å². The quantitative estimate of drug-likeness (QED) is 0.572. The molecule has 1 aromatic rings. The van der Waals surface area contributed by atoms with E-state index in [9.17, 15) is 3.02 Å². The Morgan fingerprint density at radius 1 is 1.00 bits per heavy atom. The minimum atomic E-state index is -1.24. The van der Waals surface area contributed by atoms with Gasteiger partial charge in [0.2, 0.25) is 0 Å². The molecule has 0 unspecified atom stereocenters. The molecule has 1 rings (SSSR count). The van der Waals surface area contributed by atoms with Crippen LogP contribution < -0.4 is 3.51 Å². The number of hydrogen-bond donors (Lipinski definition) is 0. The monoisotopic (exact) mass is 250 g/mol. The van der Waals surface area contributed by atoms with Crippen LogP contribution in [-0.4, -0.2) is 32.6 Å². The average Bonchev–Trinajstić information content (AvgIpc) is 1.90. The molecule has 4 N–H and O–H groups in total. The summed E-state index contributed by atoms with van der Waals surface area (Å²) in [6.45, 7) is 0. The van der Waals surface area contributed by atoms with Gasteiger partial charge in [0.1, 0.15) is 0 Å². The summed E-state index contributed by atoms with van der Waals surface area (Å²) in [6, 6.07) is 9.52. The first kappa shape index (κ1) is 12.4. The third-order valence-corrected chi connectivity index (χ3v) is 2.31. The number of hydrogen-bond acceptors (Lipinski definition) is 1. The van der Waals surface area contributed by atoms with Crippen LogP contribution in [0.2, 0.25) is 0 Å². The van der Waals surface area contributed by atoms with Gasteiger partial charge in [0.15, 0.2) is 0 Å². The van der Waals surface area contributed by atoms with Crippen molar-refractivity contribution >= 4 is 25.1 Å². The standard InChI is InChI=1S/C6H5.2H2O.O.Sb/c1-2-4-6-5-3-1;;;;/h1-5H;2*1H2;;. The molecule has 1 aromatic carbocycles. The second kappa shape index (κ2) is 6.87. The van der Waals surface area contributed by atoms with E-state index in [0.717, 1.165) is 3.51 Å². The molecule has 10 heavy (non-hydrogen) atoms. The van der Waals surface area contributed by atoms with Crippen LogP contribution >= 0.6 is 0 Å². The summed E-state index contributed by atoms with van der Waals surface area (Å²) < 4.78 is 11.3.